The molecule has 1 unspecified atom stereocenters. The molecule has 0 aliphatic carbocycles. The Morgan fingerprint density at radius 1 is 1.06 bits per heavy atom. The van der Waals surface area contributed by atoms with Crippen molar-refractivity contribution in [3.05, 3.63) is 17.7 Å². The average Bonchev–Trinajstić information content (AvgIpc) is 2.35. The van der Waals surface area contributed by atoms with Crippen molar-refractivity contribution in [3.63, 3.8) is 0 Å². The van der Waals surface area contributed by atoms with Gasteiger partial charge >= 0.3 is 0 Å². The molecule has 0 fully saturated rings. The fourth-order valence-electron chi connectivity index (χ4n) is 1.43. The number of benzene rings is 1. The third-order valence-electron chi connectivity index (χ3n) is 2.38. The highest BCUT2D eigenvalue weighted by molar-refractivity contribution is 5.54. The van der Waals surface area contributed by atoms with Gasteiger partial charge in [-0.15, -0.1) is 0 Å². The van der Waals surface area contributed by atoms with Gasteiger partial charge in [0, 0.05) is 0 Å². The topological polar surface area (TPSA) is 60.0 Å². The zero-order valence-corrected chi connectivity index (χ0v) is 9.90. The fraction of sp³-hybridized carbons (Fsp3) is 0.455. The maximum absolute atomic E-state index is 8.88. The van der Waals surface area contributed by atoms with Crippen LogP contribution in [0.5, 0.6) is 17.2 Å². The van der Waals surface area contributed by atoms with Crippen LogP contribution >= 0.6 is 0 Å². The van der Waals surface area contributed by atoms with Gasteiger partial charge in [-0.3, -0.25) is 0 Å². The Kier molecular flexibility index (Phi) is 4.39. The Hall–Kier alpha value is -1.46. The van der Waals surface area contributed by atoms with Crippen LogP contribution < -0.4 is 19.7 Å². The van der Waals surface area contributed by atoms with Gasteiger partial charge in [0.2, 0.25) is 5.75 Å². The van der Waals surface area contributed by atoms with Gasteiger partial charge in [0.15, 0.2) is 11.5 Å². The molecule has 0 bridgehead atoms. The summed E-state index contributed by atoms with van der Waals surface area (Å²) in [6, 6.07) is 3.36. The second-order valence-electron chi connectivity index (χ2n) is 3.31. The summed E-state index contributed by atoms with van der Waals surface area (Å²) < 4.78 is 15.6. The Balaban J connectivity index is 3.25. The molecule has 0 saturated heterocycles. The quantitative estimate of drug-likeness (QED) is 0.750. The summed E-state index contributed by atoms with van der Waals surface area (Å²) in [6.07, 6.45) is 0. The first-order valence-corrected chi connectivity index (χ1v) is 4.87. The monoisotopic (exact) mass is 227 g/mol. The lowest BCUT2D eigenvalue weighted by molar-refractivity contribution is 0.133. The van der Waals surface area contributed by atoms with E-state index in [-0.39, 0.29) is 6.04 Å². The van der Waals surface area contributed by atoms with Crippen LogP contribution in [0.1, 0.15) is 18.5 Å². The van der Waals surface area contributed by atoms with Gasteiger partial charge in [-0.2, -0.15) is 5.48 Å². The highest BCUT2D eigenvalue weighted by Crippen LogP contribution is 2.39. The molecular formula is C11H17NO4. The Bertz CT molecular complexity index is 329. The van der Waals surface area contributed by atoms with E-state index in [1.54, 1.807) is 33.5 Å². The van der Waals surface area contributed by atoms with Gasteiger partial charge in [0.25, 0.3) is 0 Å². The van der Waals surface area contributed by atoms with Gasteiger partial charge < -0.3 is 19.4 Å². The first kappa shape index (κ1) is 12.6. The van der Waals surface area contributed by atoms with Crippen LogP contribution in [-0.2, 0) is 0 Å². The van der Waals surface area contributed by atoms with Gasteiger partial charge in [0.05, 0.1) is 27.4 Å². The largest absolute Gasteiger partial charge is 0.493 e. The zero-order valence-electron chi connectivity index (χ0n) is 9.90. The van der Waals surface area contributed by atoms with Crippen LogP contribution in [0.15, 0.2) is 12.1 Å². The van der Waals surface area contributed by atoms with E-state index < -0.39 is 0 Å². The normalized spacial score (nSPS) is 12.1. The van der Waals surface area contributed by atoms with Crippen molar-refractivity contribution in [3.8, 4) is 17.2 Å². The van der Waals surface area contributed by atoms with Crippen LogP contribution in [0, 0.1) is 0 Å². The summed E-state index contributed by atoms with van der Waals surface area (Å²) in [6.45, 7) is 1.82. The number of ether oxygens (including phenoxy) is 3. The second-order valence-corrected chi connectivity index (χ2v) is 3.31. The van der Waals surface area contributed by atoms with Crippen molar-refractivity contribution in [1.29, 1.82) is 0 Å². The summed E-state index contributed by atoms with van der Waals surface area (Å²) in [7, 11) is 4.66. The minimum absolute atomic E-state index is 0.214. The standard InChI is InChI=1S/C11H17NO4/c1-7(12-13)8-5-9(14-2)11(16-4)10(6-8)15-3/h5-7,12-13H,1-4H3. The van der Waals surface area contributed by atoms with Crippen molar-refractivity contribution >= 4 is 0 Å². The molecule has 1 aromatic rings. The summed E-state index contributed by atoms with van der Waals surface area (Å²) in [5.74, 6) is 1.68. The highest BCUT2D eigenvalue weighted by Gasteiger charge is 2.15. The maximum Gasteiger partial charge on any atom is 0.203 e. The molecule has 0 saturated carbocycles. The fourth-order valence-corrected chi connectivity index (χ4v) is 1.43. The van der Waals surface area contributed by atoms with E-state index in [1.807, 2.05) is 6.92 Å². The van der Waals surface area contributed by atoms with E-state index in [2.05, 4.69) is 5.48 Å². The van der Waals surface area contributed by atoms with E-state index in [1.165, 1.54) is 0 Å². The summed E-state index contributed by atoms with van der Waals surface area (Å²) >= 11 is 0. The molecule has 0 aliphatic rings. The van der Waals surface area contributed by atoms with Gasteiger partial charge in [-0.1, -0.05) is 0 Å². The molecule has 5 heteroatoms. The SMILES string of the molecule is COc1cc(C(C)NO)cc(OC)c1OC. The lowest BCUT2D eigenvalue weighted by Gasteiger charge is -2.16. The van der Waals surface area contributed by atoms with Crippen LogP contribution in [0.3, 0.4) is 0 Å². The highest BCUT2D eigenvalue weighted by atomic mass is 16.5. The predicted molar refractivity (Wildman–Crippen MR) is 59.4 cm³/mol. The van der Waals surface area contributed by atoms with Crippen LogP contribution in [0.2, 0.25) is 0 Å². The molecule has 90 valence electrons. The number of hydrogen-bond acceptors (Lipinski definition) is 5. The summed E-state index contributed by atoms with van der Waals surface area (Å²) in [5.41, 5.74) is 3.01. The Morgan fingerprint density at radius 2 is 1.56 bits per heavy atom. The Labute approximate surface area is 94.9 Å². The molecule has 2 N–H and O–H groups in total. The van der Waals surface area contributed by atoms with E-state index >= 15 is 0 Å². The van der Waals surface area contributed by atoms with E-state index in [0.29, 0.717) is 17.2 Å². The number of hydroxylamine groups is 1. The number of hydrogen-bond donors (Lipinski definition) is 2. The van der Waals surface area contributed by atoms with E-state index in [0.717, 1.165) is 5.56 Å². The molecular weight excluding hydrogens is 210 g/mol. The summed E-state index contributed by atoms with van der Waals surface area (Å²) in [4.78, 5) is 0. The minimum Gasteiger partial charge on any atom is -0.493 e. The van der Waals surface area contributed by atoms with E-state index in [9.17, 15) is 0 Å². The zero-order chi connectivity index (χ0) is 12.1. The number of nitrogens with one attached hydrogen (secondary N) is 1. The molecule has 0 radical (unpaired) electrons. The third-order valence-corrected chi connectivity index (χ3v) is 2.38. The van der Waals surface area contributed by atoms with Gasteiger partial charge in [-0.25, -0.2) is 0 Å². The maximum atomic E-state index is 8.88. The molecule has 1 rings (SSSR count). The molecule has 1 atom stereocenters. The smallest absolute Gasteiger partial charge is 0.203 e. The van der Waals surface area contributed by atoms with Crippen molar-refractivity contribution in [2.24, 2.45) is 0 Å². The Morgan fingerprint density at radius 3 is 1.88 bits per heavy atom. The second kappa shape index (κ2) is 5.58. The van der Waals surface area contributed by atoms with Crippen molar-refractivity contribution in [1.82, 2.24) is 5.48 Å². The molecule has 0 aliphatic heterocycles. The molecule has 5 nitrogen and oxygen atoms in total. The first-order valence-electron chi connectivity index (χ1n) is 4.87. The molecule has 1 aromatic carbocycles. The van der Waals surface area contributed by atoms with Crippen LogP contribution in [0.4, 0.5) is 0 Å². The average molecular weight is 227 g/mol. The van der Waals surface area contributed by atoms with Crippen molar-refractivity contribution in [2.45, 2.75) is 13.0 Å². The minimum atomic E-state index is -0.214. The van der Waals surface area contributed by atoms with E-state index in [4.69, 9.17) is 19.4 Å². The molecule has 0 amide bonds. The van der Waals surface area contributed by atoms with Crippen molar-refractivity contribution in [2.75, 3.05) is 21.3 Å². The molecule has 0 spiro atoms. The molecule has 16 heavy (non-hydrogen) atoms. The molecule has 0 aromatic heterocycles. The van der Waals surface area contributed by atoms with Crippen LogP contribution in [-0.4, -0.2) is 26.5 Å². The van der Waals surface area contributed by atoms with Crippen molar-refractivity contribution < 1.29 is 19.4 Å². The number of rotatable bonds is 5. The lowest BCUT2D eigenvalue weighted by atomic mass is 10.1. The summed E-state index contributed by atoms with van der Waals surface area (Å²) in [5, 5.41) is 8.88. The predicted octanol–water partition coefficient (Wildman–Crippen LogP) is 1.75. The molecule has 0 heterocycles. The third kappa shape index (κ3) is 2.37. The van der Waals surface area contributed by atoms with Gasteiger partial charge in [-0.05, 0) is 24.6 Å². The first-order chi connectivity index (χ1) is 7.67. The number of methoxy groups -OCH3 is 3. The van der Waals surface area contributed by atoms with Crippen LogP contribution in [0.25, 0.3) is 0 Å². The van der Waals surface area contributed by atoms with Gasteiger partial charge in [0.1, 0.15) is 0 Å². The lowest BCUT2D eigenvalue weighted by Crippen LogP contribution is -2.13.